The number of anilines is 3. The quantitative estimate of drug-likeness (QED) is 0.407. The number of aromatic nitrogens is 1. The van der Waals surface area contributed by atoms with Crippen molar-refractivity contribution in [1.82, 2.24) is 10.3 Å². The lowest BCUT2D eigenvalue weighted by Gasteiger charge is -2.30. The van der Waals surface area contributed by atoms with Gasteiger partial charge in [0.05, 0.1) is 5.52 Å². The molecule has 0 aliphatic heterocycles. The molecule has 6 heteroatoms. The summed E-state index contributed by atoms with van der Waals surface area (Å²) in [4.78, 5) is 19.7. The molecule has 0 saturated heterocycles. The molecule has 0 bridgehead atoms. The fraction of sp³-hybridized carbons (Fsp3) is 0.429. The highest BCUT2D eigenvalue weighted by Crippen LogP contribution is 2.29. The Hall–Kier alpha value is -3.28. The highest BCUT2D eigenvalue weighted by Gasteiger charge is 2.23. The van der Waals surface area contributed by atoms with E-state index in [1.807, 2.05) is 6.07 Å². The Morgan fingerprint density at radius 1 is 0.941 bits per heavy atom. The molecule has 1 aliphatic carbocycles. The van der Waals surface area contributed by atoms with E-state index >= 15 is 0 Å². The van der Waals surface area contributed by atoms with Crippen molar-refractivity contribution in [2.24, 2.45) is 0 Å². The lowest BCUT2D eigenvalue weighted by molar-refractivity contribution is 0.243. The van der Waals surface area contributed by atoms with Crippen LogP contribution in [0.4, 0.5) is 22.0 Å². The number of hydrogen-bond acceptors (Lipinski definition) is 4. The van der Waals surface area contributed by atoms with Crippen LogP contribution in [0.1, 0.15) is 50.7 Å². The first kappa shape index (κ1) is 23.9. The number of nitrogens with zero attached hydrogens (tertiary/aromatic N) is 2. The van der Waals surface area contributed by atoms with Crippen LogP contribution >= 0.6 is 0 Å². The summed E-state index contributed by atoms with van der Waals surface area (Å²) in [5.74, 6) is 0.916. The van der Waals surface area contributed by atoms with E-state index in [0.29, 0.717) is 6.04 Å². The van der Waals surface area contributed by atoms with Crippen molar-refractivity contribution >= 4 is 34.1 Å². The van der Waals surface area contributed by atoms with Crippen molar-refractivity contribution in [2.45, 2.75) is 64.5 Å². The number of fused-ring (bicyclic) bond motifs is 1. The average Bonchev–Trinajstić information content (AvgIpc) is 2.84. The first-order valence-electron chi connectivity index (χ1n) is 12.5. The lowest BCUT2D eigenvalue weighted by Crippen LogP contribution is -2.42. The van der Waals surface area contributed by atoms with Crippen LogP contribution in [0.2, 0.25) is 0 Å². The average molecular weight is 460 g/mol. The van der Waals surface area contributed by atoms with Gasteiger partial charge >= 0.3 is 6.03 Å². The van der Waals surface area contributed by atoms with Gasteiger partial charge in [0.25, 0.3) is 0 Å². The third-order valence-electron chi connectivity index (χ3n) is 6.83. The van der Waals surface area contributed by atoms with Crippen LogP contribution in [-0.2, 0) is 12.8 Å². The second-order valence-electron chi connectivity index (χ2n) is 9.39. The Balaban J connectivity index is 1.34. The zero-order valence-electron chi connectivity index (χ0n) is 20.8. The highest BCUT2D eigenvalue weighted by atomic mass is 16.2. The maximum atomic E-state index is 12.8. The summed E-state index contributed by atoms with van der Waals surface area (Å²) in [6.07, 6.45) is 5.71. The fourth-order valence-electron chi connectivity index (χ4n) is 4.93. The third kappa shape index (κ3) is 5.44. The topological polar surface area (TPSA) is 69.3 Å². The summed E-state index contributed by atoms with van der Waals surface area (Å²) in [5.41, 5.74) is 5.50. The SMILES string of the molecule is CCc1cccc(CC)c1NC(=O)N[C@H]1CC[C@@H](Nc2cc(N(C)C)c3ccccc3n2)CC1. The molecule has 3 N–H and O–H groups in total. The fourth-order valence-corrected chi connectivity index (χ4v) is 4.93. The van der Waals surface area contributed by atoms with Crippen LogP contribution in [0.5, 0.6) is 0 Å². The molecule has 4 rings (SSSR count). The van der Waals surface area contributed by atoms with Gasteiger partial charge in [-0.05, 0) is 55.7 Å². The predicted octanol–water partition coefficient (Wildman–Crippen LogP) is 5.97. The predicted molar refractivity (Wildman–Crippen MR) is 143 cm³/mol. The van der Waals surface area contributed by atoms with Crippen molar-refractivity contribution in [2.75, 3.05) is 29.6 Å². The van der Waals surface area contributed by atoms with Gasteiger partial charge in [0.2, 0.25) is 0 Å². The number of carbonyl (C=O) groups excluding carboxylic acids is 1. The van der Waals surface area contributed by atoms with Gasteiger partial charge in [-0.1, -0.05) is 50.2 Å². The standard InChI is InChI=1S/C28H37N5O/c1-5-19-10-9-11-20(6-2)27(19)32-28(34)30-22-16-14-21(15-17-22)29-26-18-25(33(3)4)23-12-7-8-13-24(23)31-26/h7-13,18,21-22H,5-6,14-17H2,1-4H3,(H,29,31)(H2,30,32,34)/t21-,22+. The Kier molecular flexibility index (Phi) is 7.56. The zero-order valence-corrected chi connectivity index (χ0v) is 20.8. The van der Waals surface area contributed by atoms with E-state index in [1.54, 1.807) is 0 Å². The van der Waals surface area contributed by atoms with Gasteiger partial charge in [0.1, 0.15) is 5.82 Å². The number of pyridine rings is 1. The van der Waals surface area contributed by atoms with Crippen molar-refractivity contribution < 1.29 is 4.79 Å². The Labute approximate surface area is 203 Å². The number of aryl methyl sites for hydroxylation is 2. The molecule has 1 aromatic heterocycles. The van der Waals surface area contributed by atoms with E-state index in [1.165, 1.54) is 16.8 Å². The number of nitrogens with one attached hydrogen (secondary N) is 3. The van der Waals surface area contributed by atoms with Crippen molar-refractivity contribution in [1.29, 1.82) is 0 Å². The number of benzene rings is 2. The van der Waals surface area contributed by atoms with Gasteiger partial charge in [-0.25, -0.2) is 9.78 Å². The van der Waals surface area contributed by atoms with E-state index in [-0.39, 0.29) is 12.1 Å². The van der Waals surface area contributed by atoms with Crippen LogP contribution < -0.4 is 20.9 Å². The largest absolute Gasteiger partial charge is 0.377 e. The minimum absolute atomic E-state index is 0.0983. The Morgan fingerprint density at radius 2 is 1.59 bits per heavy atom. The summed E-state index contributed by atoms with van der Waals surface area (Å²) in [6, 6.07) is 17.1. The van der Waals surface area contributed by atoms with Gasteiger partial charge < -0.3 is 20.9 Å². The molecular weight excluding hydrogens is 422 g/mol. The minimum Gasteiger partial charge on any atom is -0.377 e. The smallest absolute Gasteiger partial charge is 0.319 e. The van der Waals surface area contributed by atoms with Crippen LogP contribution in [-0.4, -0.2) is 37.2 Å². The molecule has 1 saturated carbocycles. The first-order valence-corrected chi connectivity index (χ1v) is 12.5. The van der Waals surface area contributed by atoms with Crippen molar-refractivity contribution in [3.8, 4) is 0 Å². The van der Waals surface area contributed by atoms with Crippen LogP contribution in [0.3, 0.4) is 0 Å². The van der Waals surface area contributed by atoms with E-state index in [9.17, 15) is 4.79 Å². The molecule has 6 nitrogen and oxygen atoms in total. The summed E-state index contributed by atoms with van der Waals surface area (Å²) < 4.78 is 0. The summed E-state index contributed by atoms with van der Waals surface area (Å²) in [6.45, 7) is 4.25. The summed E-state index contributed by atoms with van der Waals surface area (Å²) in [7, 11) is 4.13. The highest BCUT2D eigenvalue weighted by molar-refractivity contribution is 5.93. The Morgan fingerprint density at radius 3 is 2.24 bits per heavy atom. The third-order valence-corrected chi connectivity index (χ3v) is 6.83. The Bertz CT molecular complexity index is 1110. The van der Waals surface area contributed by atoms with Crippen LogP contribution in [0.25, 0.3) is 10.9 Å². The number of para-hydroxylation sites is 2. The molecule has 1 heterocycles. The molecule has 1 fully saturated rings. The van der Waals surface area contributed by atoms with E-state index in [0.717, 1.165) is 60.9 Å². The molecule has 0 radical (unpaired) electrons. The number of rotatable bonds is 7. The maximum absolute atomic E-state index is 12.8. The zero-order chi connectivity index (χ0) is 24.1. The van der Waals surface area contributed by atoms with Gasteiger partial charge in [0.15, 0.2) is 0 Å². The molecular formula is C28H37N5O. The molecule has 2 aromatic carbocycles. The van der Waals surface area contributed by atoms with Crippen LogP contribution in [0, 0.1) is 0 Å². The number of amides is 2. The van der Waals surface area contributed by atoms with Gasteiger partial charge in [0, 0.05) is 49.0 Å². The minimum atomic E-state index is -0.0983. The first-order chi connectivity index (χ1) is 16.5. The van der Waals surface area contributed by atoms with E-state index < -0.39 is 0 Å². The lowest BCUT2D eigenvalue weighted by atomic mass is 9.91. The second-order valence-corrected chi connectivity index (χ2v) is 9.39. The molecule has 1 aliphatic rings. The van der Waals surface area contributed by atoms with Crippen molar-refractivity contribution in [3.63, 3.8) is 0 Å². The van der Waals surface area contributed by atoms with Gasteiger partial charge in [-0.2, -0.15) is 0 Å². The van der Waals surface area contributed by atoms with Crippen LogP contribution in [0.15, 0.2) is 48.5 Å². The molecule has 2 amide bonds. The van der Waals surface area contributed by atoms with E-state index in [2.05, 4.69) is 91.3 Å². The normalized spacial score (nSPS) is 17.9. The second kappa shape index (κ2) is 10.8. The summed E-state index contributed by atoms with van der Waals surface area (Å²) >= 11 is 0. The molecule has 180 valence electrons. The van der Waals surface area contributed by atoms with E-state index in [4.69, 9.17) is 4.98 Å². The number of hydrogen-bond donors (Lipinski definition) is 3. The molecule has 3 aromatic rings. The van der Waals surface area contributed by atoms with Crippen molar-refractivity contribution in [3.05, 3.63) is 59.7 Å². The molecule has 0 unspecified atom stereocenters. The van der Waals surface area contributed by atoms with Gasteiger partial charge in [-0.15, -0.1) is 0 Å². The monoisotopic (exact) mass is 459 g/mol. The molecule has 34 heavy (non-hydrogen) atoms. The number of urea groups is 1. The maximum Gasteiger partial charge on any atom is 0.319 e. The van der Waals surface area contributed by atoms with Gasteiger partial charge in [-0.3, -0.25) is 0 Å². The molecule has 0 spiro atoms. The molecule has 0 atom stereocenters. The summed E-state index contributed by atoms with van der Waals surface area (Å²) in [5, 5.41) is 11.1. The number of carbonyl (C=O) groups is 1.